The summed E-state index contributed by atoms with van der Waals surface area (Å²) in [6.45, 7) is 5.39. The maximum absolute atomic E-state index is 9.98. The molecular formula is C10H14GaN3O13Zn. The van der Waals surface area contributed by atoms with E-state index in [9.17, 15) is 19.8 Å². The molecule has 18 heteroatoms. The molecule has 0 heterocycles. The predicted molar refractivity (Wildman–Crippen MR) is 85.7 cm³/mol. The van der Waals surface area contributed by atoms with E-state index >= 15 is 0 Å². The van der Waals surface area contributed by atoms with Crippen LogP contribution in [-0.4, -0.2) is 46.6 Å². The Balaban J connectivity index is -0.0000000397. The molecule has 0 N–H and O–H groups in total. The largest absolute Gasteiger partial charge is 3.00 e. The van der Waals surface area contributed by atoms with Crippen molar-refractivity contribution in [3.05, 3.63) is 69.6 Å². The van der Waals surface area contributed by atoms with Gasteiger partial charge in [-0.05, 0) is 26.0 Å². The molecule has 0 radical (unpaired) electrons. The standard InChI is InChI=1S/2C5H8O2.Ga.3NO3.Zn/c2*1-4(6)3-5(2)7;;3*2-1(3)4;/h2*3,6H,1-2H3;;;;;/q;;+3;3*-1;+2/p-2/b2*4-3-;;;;;. The summed E-state index contributed by atoms with van der Waals surface area (Å²) in [5.74, 6) is -0.750. The van der Waals surface area contributed by atoms with E-state index < -0.39 is 15.3 Å². The number of hydrogen-bond donors (Lipinski definition) is 0. The zero-order chi connectivity index (χ0) is 22.5. The van der Waals surface area contributed by atoms with E-state index in [4.69, 9.17) is 46.0 Å². The Morgan fingerprint density at radius 2 is 0.714 bits per heavy atom. The van der Waals surface area contributed by atoms with Crippen LogP contribution in [0, 0.1) is 46.0 Å². The molecule has 0 aliphatic heterocycles. The van der Waals surface area contributed by atoms with Crippen LogP contribution in [0.4, 0.5) is 0 Å². The molecule has 16 nitrogen and oxygen atoms in total. The Labute approximate surface area is 183 Å². The van der Waals surface area contributed by atoms with Gasteiger partial charge in [0, 0.05) is 0 Å². The molecule has 0 unspecified atom stereocenters. The minimum absolute atomic E-state index is 0. The van der Waals surface area contributed by atoms with Crippen molar-refractivity contribution in [2.24, 2.45) is 0 Å². The fraction of sp³-hybridized carbons (Fsp3) is 0.400. The zero-order valence-electron chi connectivity index (χ0n) is 15.1. The van der Waals surface area contributed by atoms with Crippen LogP contribution >= 0.6 is 0 Å². The molecule has 0 atom stereocenters. The van der Waals surface area contributed by atoms with Gasteiger partial charge in [0.05, 0.1) is 15.3 Å². The van der Waals surface area contributed by atoms with Crippen molar-refractivity contribution in [2.75, 3.05) is 0 Å². The predicted octanol–water partition coefficient (Wildman–Crippen LogP) is -1.42. The third-order valence-corrected chi connectivity index (χ3v) is 0.813. The van der Waals surface area contributed by atoms with Gasteiger partial charge < -0.3 is 56.2 Å². The Bertz CT molecular complexity index is 448. The molecule has 0 aliphatic carbocycles. The smallest absolute Gasteiger partial charge is 0.876 e. The van der Waals surface area contributed by atoms with Crippen molar-refractivity contribution >= 4 is 31.4 Å². The van der Waals surface area contributed by atoms with Crippen LogP contribution in [-0.2, 0) is 29.1 Å². The summed E-state index contributed by atoms with van der Waals surface area (Å²) in [5, 5.41) is 64.2. The second-order valence-electron chi connectivity index (χ2n) is 3.40. The number of ketones is 2. The normalized spacial score (nSPS) is 8.29. The summed E-state index contributed by atoms with van der Waals surface area (Å²) in [6.07, 6.45) is 2.11. The number of carbonyl (C=O) groups excluding carboxylic acids is 2. The molecule has 0 bridgehead atoms. The van der Waals surface area contributed by atoms with Crippen LogP contribution in [0.3, 0.4) is 0 Å². The van der Waals surface area contributed by atoms with E-state index in [0.29, 0.717) is 0 Å². The molecule has 152 valence electrons. The number of hydrogen-bond acceptors (Lipinski definition) is 13. The molecule has 0 saturated heterocycles. The summed E-state index contributed by atoms with van der Waals surface area (Å²) in [6, 6.07) is 0. The van der Waals surface area contributed by atoms with Crippen LogP contribution < -0.4 is 10.2 Å². The summed E-state index contributed by atoms with van der Waals surface area (Å²) >= 11 is 0. The monoisotopic (exact) mass is 517 g/mol. The summed E-state index contributed by atoms with van der Waals surface area (Å²) in [4.78, 5) is 44.7. The van der Waals surface area contributed by atoms with Crippen LogP contribution in [0.25, 0.3) is 0 Å². The van der Waals surface area contributed by atoms with Gasteiger partial charge in [0.2, 0.25) is 0 Å². The fourth-order valence-electron chi connectivity index (χ4n) is 0.572. The molecule has 28 heavy (non-hydrogen) atoms. The Morgan fingerprint density at radius 1 is 0.607 bits per heavy atom. The van der Waals surface area contributed by atoms with Gasteiger partial charge in [-0.1, -0.05) is 13.8 Å². The zero-order valence-corrected chi connectivity index (χ0v) is 20.5. The first-order valence-corrected chi connectivity index (χ1v) is 5.61. The van der Waals surface area contributed by atoms with Crippen LogP contribution in [0.1, 0.15) is 27.7 Å². The fourth-order valence-corrected chi connectivity index (χ4v) is 0.572. The van der Waals surface area contributed by atoms with Crippen LogP contribution in [0.2, 0.25) is 0 Å². The van der Waals surface area contributed by atoms with Crippen LogP contribution in [0.15, 0.2) is 23.7 Å². The third-order valence-electron chi connectivity index (χ3n) is 0.813. The second kappa shape index (κ2) is 32.0. The SMILES string of the molecule is CC(=O)/C=C(/C)[O-].CC(=O)/C=C(/C)[O-].O=[N+]([O-])[O-].O=[N+]([O-])[O-].O=[N+]([O-])[O-].[Ga+3].[Zn+2]. The number of rotatable bonds is 2. The second-order valence-corrected chi connectivity index (χ2v) is 3.40. The number of nitrogens with zero attached hydrogens (tertiary/aromatic N) is 3. The van der Waals surface area contributed by atoms with Gasteiger partial charge in [-0.15, -0.1) is 11.5 Å². The van der Waals surface area contributed by atoms with Crippen molar-refractivity contribution in [1.29, 1.82) is 0 Å². The molecule has 0 fully saturated rings. The Hall–Kier alpha value is -2.72. The number of carbonyl (C=O) groups is 2. The van der Waals surface area contributed by atoms with Crippen molar-refractivity contribution in [2.45, 2.75) is 27.7 Å². The molecule has 0 aromatic rings. The van der Waals surface area contributed by atoms with Crippen molar-refractivity contribution in [1.82, 2.24) is 0 Å². The van der Waals surface area contributed by atoms with E-state index in [2.05, 4.69) is 0 Å². The Morgan fingerprint density at radius 3 is 0.714 bits per heavy atom. The maximum atomic E-state index is 9.98. The molecule has 0 aromatic heterocycles. The first-order chi connectivity index (χ1) is 11.4. The van der Waals surface area contributed by atoms with E-state index in [-0.39, 0.29) is 62.4 Å². The van der Waals surface area contributed by atoms with Gasteiger partial charge >= 0.3 is 39.3 Å². The van der Waals surface area contributed by atoms with Crippen LogP contribution in [0.5, 0.6) is 0 Å². The molecule has 0 spiro atoms. The quantitative estimate of drug-likeness (QED) is 0.133. The molecule has 0 amide bonds. The van der Waals surface area contributed by atoms with E-state index in [1.165, 1.54) is 27.7 Å². The van der Waals surface area contributed by atoms with Gasteiger partial charge in [-0.3, -0.25) is 9.59 Å². The summed E-state index contributed by atoms with van der Waals surface area (Å²) in [7, 11) is 0. The topological polar surface area (TPSA) is 279 Å². The molecule has 0 rings (SSSR count). The van der Waals surface area contributed by atoms with E-state index in [0.717, 1.165) is 12.2 Å². The van der Waals surface area contributed by atoms with Crippen molar-refractivity contribution in [3.63, 3.8) is 0 Å². The van der Waals surface area contributed by atoms with E-state index in [1.807, 2.05) is 0 Å². The first-order valence-electron chi connectivity index (χ1n) is 5.61. The minimum atomic E-state index is -1.75. The maximum Gasteiger partial charge on any atom is 3.00 e. The molecule has 0 saturated carbocycles. The van der Waals surface area contributed by atoms with Gasteiger partial charge in [0.1, 0.15) is 0 Å². The average molecular weight is 519 g/mol. The summed E-state index contributed by atoms with van der Waals surface area (Å²) < 4.78 is 0. The third kappa shape index (κ3) is 415. The van der Waals surface area contributed by atoms with Crippen molar-refractivity contribution in [3.8, 4) is 0 Å². The Kier molecular flexibility index (Phi) is 51.0. The van der Waals surface area contributed by atoms with Crippen molar-refractivity contribution < 1.29 is 54.5 Å². The van der Waals surface area contributed by atoms with Gasteiger partial charge in [-0.2, -0.15) is 0 Å². The van der Waals surface area contributed by atoms with Gasteiger partial charge in [-0.25, -0.2) is 0 Å². The van der Waals surface area contributed by atoms with Gasteiger partial charge in [0.25, 0.3) is 0 Å². The minimum Gasteiger partial charge on any atom is -0.876 e. The first kappa shape index (κ1) is 44.6. The summed E-state index contributed by atoms with van der Waals surface area (Å²) in [5.41, 5.74) is 0. The van der Waals surface area contributed by atoms with E-state index in [1.54, 1.807) is 0 Å². The molecule has 0 aliphatic rings. The average Bonchev–Trinajstić information content (AvgIpc) is 2.21. The van der Waals surface area contributed by atoms with Gasteiger partial charge in [0.15, 0.2) is 11.6 Å². The number of allylic oxidation sites excluding steroid dienone is 4. The molecular weight excluding hydrogens is 505 g/mol. The molecule has 0 aromatic carbocycles.